The Kier molecular flexibility index (Phi) is 4.70. The van der Waals surface area contributed by atoms with Gasteiger partial charge in [0, 0.05) is 19.4 Å². The second-order valence-corrected chi connectivity index (χ2v) is 4.00. The Morgan fingerprint density at radius 3 is 2.75 bits per heavy atom. The lowest BCUT2D eigenvalue weighted by molar-refractivity contribution is -0.148. The number of aliphatic hydroxyl groups is 1. The largest absolute Gasteiger partial charge is 0.480 e. The van der Waals surface area contributed by atoms with E-state index in [0.29, 0.717) is 12.8 Å². The summed E-state index contributed by atoms with van der Waals surface area (Å²) in [4.78, 5) is 23.8. The van der Waals surface area contributed by atoms with Gasteiger partial charge in [0.15, 0.2) is 0 Å². The fourth-order valence-corrected chi connectivity index (χ4v) is 1.88. The van der Waals surface area contributed by atoms with Gasteiger partial charge in [0.1, 0.15) is 6.04 Å². The van der Waals surface area contributed by atoms with E-state index >= 15 is 0 Å². The summed E-state index contributed by atoms with van der Waals surface area (Å²) in [7, 11) is 1.80. The monoisotopic (exact) mass is 230 g/mol. The molecule has 0 aliphatic carbocycles. The summed E-state index contributed by atoms with van der Waals surface area (Å²) in [6, 6.07) is -0.864. The lowest BCUT2D eigenvalue weighted by Gasteiger charge is -2.21. The standard InChI is InChI=1S/C10H18N2O4/c1-11-4-2-3-9(14)12-6-7(13)5-8(12)10(15)16/h7-8,11,13H,2-6H2,1H3,(H,15,16)/t7-,8-/m0/s1. The first-order valence-corrected chi connectivity index (χ1v) is 5.41. The number of rotatable bonds is 5. The van der Waals surface area contributed by atoms with Gasteiger partial charge in [-0.15, -0.1) is 0 Å². The van der Waals surface area contributed by atoms with Crippen LogP contribution < -0.4 is 5.32 Å². The van der Waals surface area contributed by atoms with Crippen LogP contribution in [0.5, 0.6) is 0 Å². The summed E-state index contributed by atoms with van der Waals surface area (Å²) in [5.74, 6) is -1.24. The molecule has 1 saturated heterocycles. The van der Waals surface area contributed by atoms with Gasteiger partial charge in [-0.1, -0.05) is 0 Å². The minimum atomic E-state index is -1.04. The summed E-state index contributed by atoms with van der Waals surface area (Å²) < 4.78 is 0. The molecule has 1 aliphatic rings. The molecule has 0 bridgehead atoms. The molecule has 0 saturated carbocycles. The molecule has 1 amide bonds. The maximum atomic E-state index is 11.7. The molecule has 1 rings (SSSR count). The van der Waals surface area contributed by atoms with Gasteiger partial charge in [0.05, 0.1) is 6.10 Å². The maximum absolute atomic E-state index is 11.7. The number of amides is 1. The van der Waals surface area contributed by atoms with Crippen LogP contribution in [0.3, 0.4) is 0 Å². The second-order valence-electron chi connectivity index (χ2n) is 4.00. The van der Waals surface area contributed by atoms with Crippen molar-refractivity contribution in [2.75, 3.05) is 20.1 Å². The minimum Gasteiger partial charge on any atom is -0.480 e. The predicted molar refractivity (Wildman–Crippen MR) is 56.9 cm³/mol. The van der Waals surface area contributed by atoms with Crippen LogP contribution in [0.4, 0.5) is 0 Å². The van der Waals surface area contributed by atoms with E-state index < -0.39 is 18.1 Å². The van der Waals surface area contributed by atoms with E-state index in [9.17, 15) is 14.7 Å². The third-order valence-corrected chi connectivity index (χ3v) is 2.70. The van der Waals surface area contributed by atoms with Crippen molar-refractivity contribution in [1.82, 2.24) is 10.2 Å². The molecule has 1 heterocycles. The second kappa shape index (κ2) is 5.81. The van der Waals surface area contributed by atoms with E-state index in [4.69, 9.17) is 5.11 Å². The van der Waals surface area contributed by atoms with Crippen LogP contribution in [-0.2, 0) is 9.59 Å². The highest BCUT2D eigenvalue weighted by atomic mass is 16.4. The van der Waals surface area contributed by atoms with E-state index in [2.05, 4.69) is 5.32 Å². The molecule has 0 aromatic rings. The maximum Gasteiger partial charge on any atom is 0.326 e. The zero-order valence-corrected chi connectivity index (χ0v) is 9.35. The van der Waals surface area contributed by atoms with Gasteiger partial charge in [-0.25, -0.2) is 4.79 Å². The third kappa shape index (κ3) is 3.18. The van der Waals surface area contributed by atoms with Crippen molar-refractivity contribution >= 4 is 11.9 Å². The van der Waals surface area contributed by atoms with Crippen molar-refractivity contribution in [2.24, 2.45) is 0 Å². The molecule has 1 fully saturated rings. The molecule has 0 spiro atoms. The van der Waals surface area contributed by atoms with Crippen molar-refractivity contribution in [1.29, 1.82) is 0 Å². The average molecular weight is 230 g/mol. The van der Waals surface area contributed by atoms with Crippen molar-refractivity contribution in [3.05, 3.63) is 0 Å². The van der Waals surface area contributed by atoms with Crippen LogP contribution in [0, 0.1) is 0 Å². The van der Waals surface area contributed by atoms with Gasteiger partial charge < -0.3 is 20.4 Å². The van der Waals surface area contributed by atoms with Crippen molar-refractivity contribution < 1.29 is 19.8 Å². The zero-order valence-electron chi connectivity index (χ0n) is 9.35. The first-order valence-electron chi connectivity index (χ1n) is 5.41. The van der Waals surface area contributed by atoms with Gasteiger partial charge in [-0.05, 0) is 20.0 Å². The number of β-amino-alcohol motifs (C(OH)–C–C–N with tert-alkyl or cyclic N) is 1. The lowest BCUT2D eigenvalue weighted by atomic mass is 10.2. The molecule has 2 atom stereocenters. The molecule has 6 nitrogen and oxygen atoms in total. The Morgan fingerprint density at radius 1 is 1.50 bits per heavy atom. The molecular weight excluding hydrogens is 212 g/mol. The van der Waals surface area contributed by atoms with Gasteiger partial charge >= 0.3 is 5.97 Å². The highest BCUT2D eigenvalue weighted by molar-refractivity contribution is 5.84. The van der Waals surface area contributed by atoms with Gasteiger partial charge in [0.2, 0.25) is 5.91 Å². The predicted octanol–water partition coefficient (Wildman–Crippen LogP) is -0.968. The molecule has 0 radical (unpaired) electrons. The molecule has 1 aliphatic heterocycles. The number of hydrogen-bond donors (Lipinski definition) is 3. The fraction of sp³-hybridized carbons (Fsp3) is 0.800. The Morgan fingerprint density at radius 2 is 2.19 bits per heavy atom. The Bertz CT molecular complexity index is 270. The van der Waals surface area contributed by atoms with E-state index in [1.807, 2.05) is 0 Å². The number of carboxylic acid groups (broad SMARTS) is 1. The average Bonchev–Trinajstić information content (AvgIpc) is 2.61. The van der Waals surface area contributed by atoms with Crippen LogP contribution in [0.1, 0.15) is 19.3 Å². The van der Waals surface area contributed by atoms with Gasteiger partial charge in [-0.3, -0.25) is 4.79 Å². The summed E-state index contributed by atoms with van der Waals surface area (Å²) in [5, 5.41) is 21.2. The summed E-state index contributed by atoms with van der Waals surface area (Å²) >= 11 is 0. The molecule has 0 unspecified atom stereocenters. The van der Waals surface area contributed by atoms with E-state index in [1.54, 1.807) is 7.05 Å². The van der Waals surface area contributed by atoms with Crippen molar-refractivity contribution in [3.63, 3.8) is 0 Å². The lowest BCUT2D eigenvalue weighted by Crippen LogP contribution is -2.40. The van der Waals surface area contributed by atoms with Crippen LogP contribution in [0.25, 0.3) is 0 Å². The zero-order chi connectivity index (χ0) is 12.1. The topological polar surface area (TPSA) is 89.9 Å². The van der Waals surface area contributed by atoms with Crippen molar-refractivity contribution in [2.45, 2.75) is 31.4 Å². The molecule has 3 N–H and O–H groups in total. The Labute approximate surface area is 94.2 Å². The molecular formula is C10H18N2O4. The number of likely N-dealkylation sites (tertiary alicyclic amines) is 1. The third-order valence-electron chi connectivity index (χ3n) is 2.70. The minimum absolute atomic E-state index is 0.132. The van der Waals surface area contributed by atoms with Gasteiger partial charge in [0.25, 0.3) is 0 Å². The van der Waals surface area contributed by atoms with E-state index in [0.717, 1.165) is 6.54 Å². The summed E-state index contributed by atoms with van der Waals surface area (Å²) in [6.07, 6.45) is 0.410. The highest BCUT2D eigenvalue weighted by Crippen LogP contribution is 2.19. The first kappa shape index (κ1) is 12.9. The number of hydrogen-bond acceptors (Lipinski definition) is 4. The molecule has 6 heteroatoms. The number of aliphatic hydroxyl groups excluding tert-OH is 1. The molecule has 16 heavy (non-hydrogen) atoms. The van der Waals surface area contributed by atoms with Crippen LogP contribution in [0.2, 0.25) is 0 Å². The summed E-state index contributed by atoms with van der Waals surface area (Å²) in [6.45, 7) is 0.856. The molecule has 0 aromatic heterocycles. The van der Waals surface area contributed by atoms with Crippen LogP contribution >= 0.6 is 0 Å². The number of nitrogens with one attached hydrogen (secondary N) is 1. The van der Waals surface area contributed by atoms with Gasteiger partial charge in [-0.2, -0.15) is 0 Å². The highest BCUT2D eigenvalue weighted by Gasteiger charge is 2.38. The van der Waals surface area contributed by atoms with Crippen LogP contribution in [0.15, 0.2) is 0 Å². The summed E-state index contributed by atoms with van der Waals surface area (Å²) in [5.41, 5.74) is 0. The molecule has 92 valence electrons. The number of aliphatic carboxylic acids is 1. The number of carbonyl (C=O) groups excluding carboxylic acids is 1. The fourth-order valence-electron chi connectivity index (χ4n) is 1.88. The first-order chi connectivity index (χ1) is 7.56. The van der Waals surface area contributed by atoms with E-state index in [-0.39, 0.29) is 18.9 Å². The van der Waals surface area contributed by atoms with E-state index in [1.165, 1.54) is 4.90 Å². The van der Waals surface area contributed by atoms with Crippen LogP contribution in [-0.4, -0.2) is 59.3 Å². The Hall–Kier alpha value is -1.14. The van der Waals surface area contributed by atoms with Crippen molar-refractivity contribution in [3.8, 4) is 0 Å². The number of carboxylic acids is 1. The Balaban J connectivity index is 2.50. The number of nitrogens with zero attached hydrogens (tertiary/aromatic N) is 1. The SMILES string of the molecule is CNCCCC(=O)N1C[C@@H](O)C[C@H]1C(=O)O. The molecule has 0 aromatic carbocycles. The smallest absolute Gasteiger partial charge is 0.326 e. The quantitative estimate of drug-likeness (QED) is 0.529. The number of carbonyl (C=O) groups is 2. The normalized spacial score (nSPS) is 24.8.